The van der Waals surface area contributed by atoms with Gasteiger partial charge in [-0.25, -0.2) is 4.98 Å². The number of ether oxygens (including phenoxy) is 2. The fourth-order valence-electron chi connectivity index (χ4n) is 5.68. The van der Waals surface area contributed by atoms with Crippen LogP contribution in [0.5, 0.6) is 17.5 Å². The van der Waals surface area contributed by atoms with E-state index in [0.29, 0.717) is 36.1 Å². The van der Waals surface area contributed by atoms with Gasteiger partial charge in [-0.05, 0) is 47.4 Å². The van der Waals surface area contributed by atoms with Crippen LogP contribution in [0.25, 0.3) is 0 Å². The Morgan fingerprint density at radius 3 is 1.94 bits per heavy atom. The summed E-state index contributed by atoms with van der Waals surface area (Å²) in [4.78, 5) is 23.8. The molecule has 242 valence electrons. The Bertz CT molecular complexity index is 1880. The summed E-state index contributed by atoms with van der Waals surface area (Å²) in [7, 11) is 0. The van der Waals surface area contributed by atoms with Gasteiger partial charge in [-0.1, -0.05) is 120 Å². The number of pyridine rings is 1. The van der Waals surface area contributed by atoms with Gasteiger partial charge in [0.2, 0.25) is 11.8 Å². The zero-order chi connectivity index (χ0) is 33.2. The van der Waals surface area contributed by atoms with Crippen LogP contribution < -0.4 is 14.3 Å². The highest BCUT2D eigenvalue weighted by atomic mass is 32.1. The molecule has 0 unspecified atom stereocenters. The summed E-state index contributed by atoms with van der Waals surface area (Å²) in [6.07, 6.45) is 3.62. The van der Waals surface area contributed by atoms with Gasteiger partial charge in [0.15, 0.2) is 6.61 Å². The van der Waals surface area contributed by atoms with Crippen LogP contribution in [-0.4, -0.2) is 40.7 Å². The standard InChI is InChI=1S/C39H35N3O5S/c1-2-45-36-23-20-30(27-40-36)28-41-47-25-24-46-34-21-18-29(19-22-34)26-35-37(43)42(38(44)48-35)39(31-12-6-3-7-13-31,32-14-8-4-9-15-32)33-16-10-5-11-17-33/h3-23,27-28,43H,2,24-26H2,1H3. The first-order valence-electron chi connectivity index (χ1n) is 15.7. The number of hydrogen-bond donors (Lipinski definition) is 1. The van der Waals surface area contributed by atoms with Gasteiger partial charge < -0.3 is 19.4 Å². The van der Waals surface area contributed by atoms with Crippen molar-refractivity contribution in [1.82, 2.24) is 9.55 Å². The predicted octanol–water partition coefficient (Wildman–Crippen LogP) is 7.27. The number of rotatable bonds is 14. The lowest BCUT2D eigenvalue weighted by Gasteiger charge is -2.37. The van der Waals surface area contributed by atoms with E-state index in [9.17, 15) is 9.90 Å². The van der Waals surface area contributed by atoms with Crippen molar-refractivity contribution < 1.29 is 19.4 Å². The van der Waals surface area contributed by atoms with E-state index in [4.69, 9.17) is 14.3 Å². The molecule has 0 radical (unpaired) electrons. The number of aromatic hydroxyl groups is 1. The van der Waals surface area contributed by atoms with Gasteiger partial charge in [0.25, 0.3) is 0 Å². The van der Waals surface area contributed by atoms with E-state index in [-0.39, 0.29) is 17.4 Å². The van der Waals surface area contributed by atoms with Crippen molar-refractivity contribution >= 4 is 17.6 Å². The highest BCUT2D eigenvalue weighted by molar-refractivity contribution is 7.09. The second-order valence-electron chi connectivity index (χ2n) is 10.9. The number of benzene rings is 4. The molecule has 8 nitrogen and oxygen atoms in total. The summed E-state index contributed by atoms with van der Waals surface area (Å²) in [5, 5.41) is 15.8. The SMILES string of the molecule is CCOc1ccc(C=NOCCOc2ccc(Cc3sc(=O)n(C(c4ccccc4)(c4ccccc4)c4ccccc4)c3O)cc2)cn1. The molecule has 0 atom stereocenters. The molecule has 2 heterocycles. The summed E-state index contributed by atoms with van der Waals surface area (Å²) >= 11 is 1.06. The minimum Gasteiger partial charge on any atom is -0.494 e. The fraction of sp³-hybridized carbons (Fsp3) is 0.154. The smallest absolute Gasteiger partial charge is 0.311 e. The van der Waals surface area contributed by atoms with Crippen molar-refractivity contribution in [2.45, 2.75) is 18.9 Å². The summed E-state index contributed by atoms with van der Waals surface area (Å²) < 4.78 is 12.7. The maximum atomic E-state index is 14.0. The van der Waals surface area contributed by atoms with Gasteiger partial charge in [0, 0.05) is 24.2 Å². The Morgan fingerprint density at radius 1 is 0.792 bits per heavy atom. The van der Waals surface area contributed by atoms with Crippen LogP contribution in [0.3, 0.4) is 0 Å². The van der Waals surface area contributed by atoms with E-state index < -0.39 is 5.54 Å². The Labute approximate surface area is 283 Å². The molecule has 0 aliphatic carbocycles. The minimum absolute atomic E-state index is 0.0550. The first-order chi connectivity index (χ1) is 23.6. The van der Waals surface area contributed by atoms with E-state index in [0.717, 1.165) is 39.2 Å². The molecule has 2 aromatic heterocycles. The molecule has 6 rings (SSSR count). The molecule has 0 saturated carbocycles. The highest BCUT2D eigenvalue weighted by Gasteiger charge is 2.42. The summed E-state index contributed by atoms with van der Waals surface area (Å²) in [6.45, 7) is 3.05. The average molecular weight is 658 g/mol. The monoisotopic (exact) mass is 657 g/mol. The van der Waals surface area contributed by atoms with Crippen LogP contribution in [0, 0.1) is 0 Å². The number of oxime groups is 1. The molecule has 0 fully saturated rings. The van der Waals surface area contributed by atoms with Crippen LogP contribution >= 0.6 is 11.3 Å². The Kier molecular flexibility index (Phi) is 10.3. The van der Waals surface area contributed by atoms with Crippen LogP contribution in [0.4, 0.5) is 0 Å². The van der Waals surface area contributed by atoms with Crippen molar-refractivity contribution in [3.63, 3.8) is 0 Å². The molecule has 6 aromatic rings. The lowest BCUT2D eigenvalue weighted by Crippen LogP contribution is -2.42. The predicted molar refractivity (Wildman–Crippen MR) is 189 cm³/mol. The highest BCUT2D eigenvalue weighted by Crippen LogP contribution is 2.43. The van der Waals surface area contributed by atoms with Crippen molar-refractivity contribution in [1.29, 1.82) is 0 Å². The Morgan fingerprint density at radius 2 is 1.40 bits per heavy atom. The normalized spacial score (nSPS) is 11.4. The van der Waals surface area contributed by atoms with Crippen LogP contribution in [-0.2, 0) is 16.8 Å². The van der Waals surface area contributed by atoms with Gasteiger partial charge in [-0.3, -0.25) is 9.36 Å². The molecular formula is C39H35N3O5S. The zero-order valence-electron chi connectivity index (χ0n) is 26.4. The first kappa shape index (κ1) is 32.3. The van der Waals surface area contributed by atoms with E-state index in [1.807, 2.05) is 128 Å². The number of aromatic nitrogens is 2. The molecule has 9 heteroatoms. The van der Waals surface area contributed by atoms with Crippen LogP contribution in [0.1, 0.15) is 39.6 Å². The van der Waals surface area contributed by atoms with Gasteiger partial charge >= 0.3 is 4.87 Å². The molecule has 1 N–H and O–H groups in total. The quantitative estimate of drug-likeness (QED) is 0.0573. The van der Waals surface area contributed by atoms with Crippen molar-refractivity contribution in [2.75, 3.05) is 19.8 Å². The molecule has 0 aliphatic rings. The molecular weight excluding hydrogens is 623 g/mol. The topological polar surface area (TPSA) is 95.2 Å². The molecule has 4 aromatic carbocycles. The third kappa shape index (κ3) is 7.01. The number of hydrogen-bond acceptors (Lipinski definition) is 8. The van der Waals surface area contributed by atoms with Gasteiger partial charge in [0.05, 0.1) is 17.7 Å². The summed E-state index contributed by atoms with van der Waals surface area (Å²) in [5.41, 5.74) is 3.25. The maximum Gasteiger partial charge on any atom is 0.311 e. The van der Waals surface area contributed by atoms with E-state index in [1.54, 1.807) is 23.0 Å². The lowest BCUT2D eigenvalue weighted by atomic mass is 9.76. The maximum absolute atomic E-state index is 14.0. The molecule has 0 aliphatic heterocycles. The van der Waals surface area contributed by atoms with E-state index >= 15 is 0 Å². The van der Waals surface area contributed by atoms with Crippen LogP contribution in [0.2, 0.25) is 0 Å². The summed E-state index contributed by atoms with van der Waals surface area (Å²) in [5.74, 6) is 1.19. The Balaban J connectivity index is 1.18. The fourth-order valence-corrected chi connectivity index (χ4v) is 6.63. The molecule has 48 heavy (non-hydrogen) atoms. The zero-order valence-corrected chi connectivity index (χ0v) is 27.3. The second kappa shape index (κ2) is 15.3. The molecule has 0 amide bonds. The Hall–Kier alpha value is -5.67. The molecule has 0 saturated heterocycles. The van der Waals surface area contributed by atoms with Gasteiger partial charge in [0.1, 0.15) is 17.9 Å². The summed E-state index contributed by atoms with van der Waals surface area (Å²) in [6, 6.07) is 40.8. The van der Waals surface area contributed by atoms with E-state index in [1.165, 1.54) is 0 Å². The van der Waals surface area contributed by atoms with Crippen molar-refractivity contribution in [3.8, 4) is 17.5 Å². The third-order valence-corrected chi connectivity index (χ3v) is 8.75. The number of nitrogens with zero attached hydrogens (tertiary/aromatic N) is 3. The largest absolute Gasteiger partial charge is 0.494 e. The minimum atomic E-state index is -1.09. The van der Waals surface area contributed by atoms with Gasteiger partial charge in [-0.15, -0.1) is 0 Å². The van der Waals surface area contributed by atoms with Gasteiger partial charge in [-0.2, -0.15) is 0 Å². The van der Waals surface area contributed by atoms with Crippen LogP contribution in [0.15, 0.2) is 144 Å². The first-order valence-corrected chi connectivity index (χ1v) is 16.5. The number of thiazole rings is 1. The molecule has 0 spiro atoms. The van der Waals surface area contributed by atoms with E-state index in [2.05, 4.69) is 10.1 Å². The third-order valence-electron chi connectivity index (χ3n) is 7.82. The van der Waals surface area contributed by atoms with Crippen molar-refractivity contribution in [3.05, 3.63) is 176 Å². The average Bonchev–Trinajstić information content (AvgIpc) is 3.41. The molecule has 0 bridgehead atoms. The second-order valence-corrected chi connectivity index (χ2v) is 11.9. The van der Waals surface area contributed by atoms with Crippen molar-refractivity contribution in [2.24, 2.45) is 5.16 Å². The lowest BCUT2D eigenvalue weighted by molar-refractivity contribution is 0.108.